The lowest BCUT2D eigenvalue weighted by Gasteiger charge is -2.15. The molecule has 0 radical (unpaired) electrons. The van der Waals surface area contributed by atoms with E-state index in [9.17, 15) is 4.79 Å². The first-order valence-electron chi connectivity index (χ1n) is 3.80. The van der Waals surface area contributed by atoms with Crippen molar-refractivity contribution in [1.29, 1.82) is 0 Å². The smallest absolute Gasteiger partial charge is 0.231 e. The van der Waals surface area contributed by atoms with Crippen molar-refractivity contribution in [2.75, 3.05) is 11.9 Å². The van der Waals surface area contributed by atoms with Gasteiger partial charge in [0.25, 0.3) is 0 Å². The topological polar surface area (TPSA) is 33.2 Å². The van der Waals surface area contributed by atoms with Gasteiger partial charge in [-0.2, -0.15) is 0 Å². The van der Waals surface area contributed by atoms with Gasteiger partial charge in [-0.1, -0.05) is 13.8 Å². The van der Waals surface area contributed by atoms with Crippen LogP contribution >= 0.6 is 11.3 Å². The minimum absolute atomic E-state index is 0.0268. The molecule has 0 fully saturated rings. The zero-order valence-corrected chi connectivity index (χ0v) is 8.26. The molecular weight excluding hydrogens is 172 g/mol. The minimum atomic E-state index is 0.0268. The number of anilines is 1. The third-order valence-electron chi connectivity index (χ3n) is 1.53. The van der Waals surface area contributed by atoms with Crippen LogP contribution < -0.4 is 4.90 Å². The molecule has 1 aromatic heterocycles. The molecule has 3 nitrogen and oxygen atoms in total. The number of rotatable bonds is 2. The van der Waals surface area contributed by atoms with E-state index in [0.29, 0.717) is 0 Å². The summed E-state index contributed by atoms with van der Waals surface area (Å²) in [6, 6.07) is 0. The van der Waals surface area contributed by atoms with Gasteiger partial charge in [-0.3, -0.25) is 9.69 Å². The highest BCUT2D eigenvalue weighted by molar-refractivity contribution is 7.13. The Morgan fingerprint density at radius 2 is 2.33 bits per heavy atom. The number of nitrogens with zero attached hydrogens (tertiary/aromatic N) is 2. The minimum Gasteiger partial charge on any atom is -0.291 e. The van der Waals surface area contributed by atoms with Gasteiger partial charge in [0.1, 0.15) is 0 Å². The first-order valence-corrected chi connectivity index (χ1v) is 4.68. The molecule has 0 aliphatic carbocycles. The Balaban J connectivity index is 2.72. The van der Waals surface area contributed by atoms with Crippen LogP contribution in [-0.2, 0) is 4.79 Å². The number of amides is 1. The van der Waals surface area contributed by atoms with Crippen LogP contribution in [0.2, 0.25) is 0 Å². The Bertz CT molecular complexity index is 256. The van der Waals surface area contributed by atoms with Gasteiger partial charge in [0.15, 0.2) is 5.13 Å². The van der Waals surface area contributed by atoms with Gasteiger partial charge in [0.2, 0.25) is 5.91 Å². The maximum atomic E-state index is 11.4. The molecule has 1 amide bonds. The van der Waals surface area contributed by atoms with Crippen LogP contribution in [0.4, 0.5) is 5.13 Å². The van der Waals surface area contributed by atoms with E-state index in [1.807, 2.05) is 19.2 Å². The van der Waals surface area contributed by atoms with E-state index in [1.54, 1.807) is 18.1 Å². The summed E-state index contributed by atoms with van der Waals surface area (Å²) in [6.07, 6.45) is 1.70. The molecule has 66 valence electrons. The van der Waals surface area contributed by atoms with E-state index in [2.05, 4.69) is 4.98 Å². The van der Waals surface area contributed by atoms with Crippen molar-refractivity contribution in [1.82, 2.24) is 4.98 Å². The molecule has 1 rings (SSSR count). The van der Waals surface area contributed by atoms with E-state index < -0.39 is 0 Å². The summed E-state index contributed by atoms with van der Waals surface area (Å²) in [5.41, 5.74) is 0. The standard InChI is InChI=1S/C8H12N2OS/c1-6(2)7(11)10(3)8-9-4-5-12-8/h4-6H,1-3H3. The number of carbonyl (C=O) groups excluding carboxylic acids is 1. The molecule has 4 heteroatoms. The lowest BCUT2D eigenvalue weighted by molar-refractivity contribution is -0.121. The van der Waals surface area contributed by atoms with Crippen molar-refractivity contribution < 1.29 is 4.79 Å². The molecule has 0 bridgehead atoms. The zero-order chi connectivity index (χ0) is 9.14. The van der Waals surface area contributed by atoms with Crippen LogP contribution in [-0.4, -0.2) is 17.9 Å². The Morgan fingerprint density at radius 1 is 1.67 bits per heavy atom. The van der Waals surface area contributed by atoms with Crippen LogP contribution in [0, 0.1) is 5.92 Å². The van der Waals surface area contributed by atoms with Crippen LogP contribution in [0.3, 0.4) is 0 Å². The van der Waals surface area contributed by atoms with Crippen LogP contribution in [0.15, 0.2) is 11.6 Å². The van der Waals surface area contributed by atoms with Gasteiger partial charge in [0.05, 0.1) is 0 Å². The molecule has 0 atom stereocenters. The van der Waals surface area contributed by atoms with Crippen LogP contribution in [0.5, 0.6) is 0 Å². The second kappa shape index (κ2) is 3.67. The molecule has 0 unspecified atom stereocenters. The molecular formula is C8H12N2OS. The maximum Gasteiger partial charge on any atom is 0.231 e. The van der Waals surface area contributed by atoms with Gasteiger partial charge in [-0.05, 0) is 0 Å². The highest BCUT2D eigenvalue weighted by Crippen LogP contribution is 2.17. The average Bonchev–Trinajstić information content (AvgIpc) is 2.53. The molecule has 1 heterocycles. The van der Waals surface area contributed by atoms with Gasteiger partial charge >= 0.3 is 0 Å². The molecule has 0 N–H and O–H groups in total. The summed E-state index contributed by atoms with van der Waals surface area (Å²) in [4.78, 5) is 17.1. The third kappa shape index (κ3) is 1.82. The van der Waals surface area contributed by atoms with Crippen LogP contribution in [0.1, 0.15) is 13.8 Å². The fraction of sp³-hybridized carbons (Fsp3) is 0.500. The molecule has 0 aliphatic rings. The Morgan fingerprint density at radius 3 is 2.75 bits per heavy atom. The molecule has 0 saturated heterocycles. The largest absolute Gasteiger partial charge is 0.291 e. The summed E-state index contributed by atoms with van der Waals surface area (Å²) in [6.45, 7) is 3.76. The fourth-order valence-electron chi connectivity index (χ4n) is 0.863. The number of hydrogen-bond donors (Lipinski definition) is 0. The summed E-state index contributed by atoms with van der Waals surface area (Å²) in [5.74, 6) is 0.129. The Kier molecular flexibility index (Phi) is 2.81. The average molecular weight is 184 g/mol. The molecule has 0 aromatic carbocycles. The van der Waals surface area contributed by atoms with Gasteiger partial charge in [-0.15, -0.1) is 11.3 Å². The van der Waals surface area contributed by atoms with E-state index in [0.717, 1.165) is 5.13 Å². The van der Waals surface area contributed by atoms with Crippen LogP contribution in [0.25, 0.3) is 0 Å². The molecule has 0 spiro atoms. The monoisotopic (exact) mass is 184 g/mol. The number of aromatic nitrogens is 1. The van der Waals surface area contributed by atoms with Gasteiger partial charge < -0.3 is 0 Å². The molecule has 1 aromatic rings. The first-order chi connectivity index (χ1) is 5.63. The summed E-state index contributed by atoms with van der Waals surface area (Å²) >= 11 is 1.47. The van der Waals surface area contributed by atoms with Gasteiger partial charge in [0, 0.05) is 24.5 Å². The summed E-state index contributed by atoms with van der Waals surface area (Å²) in [7, 11) is 1.75. The number of hydrogen-bond acceptors (Lipinski definition) is 3. The SMILES string of the molecule is CC(C)C(=O)N(C)c1nccs1. The summed E-state index contributed by atoms with van der Waals surface area (Å²) < 4.78 is 0. The van der Waals surface area contributed by atoms with Crippen molar-refractivity contribution >= 4 is 22.4 Å². The Hall–Kier alpha value is -0.900. The second-order valence-corrected chi connectivity index (χ2v) is 3.74. The fourth-order valence-corrected chi connectivity index (χ4v) is 1.48. The normalized spacial score (nSPS) is 10.3. The predicted molar refractivity (Wildman–Crippen MR) is 50.4 cm³/mol. The van der Waals surface area contributed by atoms with Crippen molar-refractivity contribution in [3.63, 3.8) is 0 Å². The van der Waals surface area contributed by atoms with Crippen molar-refractivity contribution in [2.24, 2.45) is 5.92 Å². The van der Waals surface area contributed by atoms with E-state index in [1.165, 1.54) is 11.3 Å². The number of carbonyl (C=O) groups is 1. The molecule has 0 saturated carbocycles. The third-order valence-corrected chi connectivity index (χ3v) is 2.38. The van der Waals surface area contributed by atoms with Crippen molar-refractivity contribution in [3.05, 3.63) is 11.6 Å². The highest BCUT2D eigenvalue weighted by atomic mass is 32.1. The van der Waals surface area contributed by atoms with Crippen molar-refractivity contribution in [3.8, 4) is 0 Å². The van der Waals surface area contributed by atoms with Crippen molar-refractivity contribution in [2.45, 2.75) is 13.8 Å². The summed E-state index contributed by atoms with van der Waals surface area (Å²) in [5, 5.41) is 2.62. The zero-order valence-electron chi connectivity index (χ0n) is 7.44. The molecule has 12 heavy (non-hydrogen) atoms. The van der Waals surface area contributed by atoms with Gasteiger partial charge in [-0.25, -0.2) is 4.98 Å². The first kappa shape index (κ1) is 9.19. The quantitative estimate of drug-likeness (QED) is 0.701. The Labute approximate surface area is 76.0 Å². The lowest BCUT2D eigenvalue weighted by Crippen LogP contribution is -2.29. The maximum absolute atomic E-state index is 11.4. The number of thiazole rings is 1. The second-order valence-electron chi connectivity index (χ2n) is 2.87. The highest BCUT2D eigenvalue weighted by Gasteiger charge is 2.15. The van der Waals surface area contributed by atoms with E-state index in [-0.39, 0.29) is 11.8 Å². The lowest BCUT2D eigenvalue weighted by atomic mass is 10.2. The van der Waals surface area contributed by atoms with E-state index >= 15 is 0 Å². The molecule has 0 aliphatic heterocycles. The predicted octanol–water partition coefficient (Wildman–Crippen LogP) is 1.76. The van der Waals surface area contributed by atoms with E-state index in [4.69, 9.17) is 0 Å².